The molecule has 0 aliphatic carbocycles. The number of hydrogen-bond acceptors (Lipinski definition) is 2. The number of benzene rings is 1. The molecule has 1 saturated heterocycles. The van der Waals surface area contributed by atoms with Crippen molar-refractivity contribution in [2.45, 2.75) is 26.2 Å². The van der Waals surface area contributed by atoms with Crippen LogP contribution in [0.1, 0.15) is 29.9 Å². The van der Waals surface area contributed by atoms with Crippen molar-refractivity contribution in [3.63, 3.8) is 0 Å². The number of carbonyl (C=O) groups is 1. The normalized spacial score (nSPS) is 16.1. The van der Waals surface area contributed by atoms with Crippen LogP contribution in [0.2, 0.25) is 0 Å². The third kappa shape index (κ3) is 4.35. The molecule has 1 amide bonds. The van der Waals surface area contributed by atoms with Gasteiger partial charge in [-0.05, 0) is 55.9 Å². The molecule has 0 bridgehead atoms. The lowest BCUT2D eigenvalue weighted by Crippen LogP contribution is -2.37. The van der Waals surface area contributed by atoms with Gasteiger partial charge < -0.3 is 9.32 Å². The van der Waals surface area contributed by atoms with Crippen LogP contribution in [0, 0.1) is 12.8 Å². The van der Waals surface area contributed by atoms with Crippen LogP contribution in [0.4, 0.5) is 0 Å². The van der Waals surface area contributed by atoms with E-state index in [-0.39, 0.29) is 5.91 Å². The lowest BCUT2D eigenvalue weighted by atomic mass is 9.90. The fourth-order valence-electron chi connectivity index (χ4n) is 3.11. The van der Waals surface area contributed by atoms with Gasteiger partial charge in [-0.15, -0.1) is 0 Å². The minimum Gasteiger partial charge on any atom is -0.462 e. The first-order chi connectivity index (χ1) is 11.2. The number of aryl methyl sites for hydroxylation is 1. The summed E-state index contributed by atoms with van der Waals surface area (Å²) in [7, 11) is 0. The molecular weight excluding hydrogens is 286 g/mol. The molecule has 120 valence electrons. The van der Waals surface area contributed by atoms with E-state index >= 15 is 0 Å². The Bertz CT molecular complexity index is 664. The Morgan fingerprint density at radius 1 is 1.17 bits per heavy atom. The molecule has 2 heterocycles. The molecule has 1 aromatic carbocycles. The monoisotopic (exact) mass is 309 g/mol. The second kappa shape index (κ2) is 7.32. The van der Waals surface area contributed by atoms with Gasteiger partial charge in [-0.2, -0.15) is 0 Å². The van der Waals surface area contributed by atoms with Gasteiger partial charge in [0.15, 0.2) is 0 Å². The highest BCUT2D eigenvalue weighted by Crippen LogP contribution is 2.22. The second-order valence-corrected chi connectivity index (χ2v) is 6.24. The van der Waals surface area contributed by atoms with Gasteiger partial charge in [-0.3, -0.25) is 4.79 Å². The first kappa shape index (κ1) is 15.6. The molecule has 0 radical (unpaired) electrons. The Morgan fingerprint density at radius 3 is 2.57 bits per heavy atom. The molecule has 1 aromatic heterocycles. The molecular formula is C20H23NO2. The average molecular weight is 309 g/mol. The van der Waals surface area contributed by atoms with Crippen LogP contribution in [0.15, 0.2) is 53.0 Å². The summed E-state index contributed by atoms with van der Waals surface area (Å²) in [4.78, 5) is 14.2. The van der Waals surface area contributed by atoms with Gasteiger partial charge >= 0.3 is 0 Å². The predicted molar refractivity (Wildman–Crippen MR) is 91.9 cm³/mol. The van der Waals surface area contributed by atoms with Gasteiger partial charge in [-0.1, -0.05) is 30.3 Å². The molecule has 1 fully saturated rings. The quantitative estimate of drug-likeness (QED) is 0.797. The summed E-state index contributed by atoms with van der Waals surface area (Å²) in [5.74, 6) is 2.35. The van der Waals surface area contributed by atoms with Gasteiger partial charge in [0.1, 0.15) is 11.5 Å². The largest absolute Gasteiger partial charge is 0.462 e. The first-order valence-corrected chi connectivity index (χ1v) is 8.28. The molecule has 0 atom stereocenters. The van der Waals surface area contributed by atoms with Crippen LogP contribution in [-0.2, 0) is 11.2 Å². The van der Waals surface area contributed by atoms with E-state index in [1.165, 1.54) is 5.56 Å². The van der Waals surface area contributed by atoms with Crippen LogP contribution in [0.5, 0.6) is 0 Å². The number of rotatable bonds is 4. The average Bonchev–Trinajstić information content (AvgIpc) is 3.00. The molecule has 23 heavy (non-hydrogen) atoms. The Labute approximate surface area is 137 Å². The van der Waals surface area contributed by atoms with Crippen molar-refractivity contribution in [3.8, 4) is 0 Å². The maximum absolute atomic E-state index is 12.2. The van der Waals surface area contributed by atoms with E-state index in [1.807, 2.05) is 24.0 Å². The van der Waals surface area contributed by atoms with Crippen molar-refractivity contribution in [1.82, 2.24) is 4.90 Å². The molecule has 0 spiro atoms. The number of carbonyl (C=O) groups excluding carboxylic acids is 1. The number of piperidine rings is 1. The van der Waals surface area contributed by atoms with E-state index in [9.17, 15) is 4.79 Å². The molecule has 1 aliphatic heterocycles. The third-order valence-corrected chi connectivity index (χ3v) is 4.44. The van der Waals surface area contributed by atoms with Crippen molar-refractivity contribution < 1.29 is 9.21 Å². The van der Waals surface area contributed by atoms with Gasteiger partial charge in [0.2, 0.25) is 5.91 Å². The van der Waals surface area contributed by atoms with Crippen molar-refractivity contribution >= 4 is 12.0 Å². The maximum atomic E-state index is 12.2. The van der Waals surface area contributed by atoms with Gasteiger partial charge in [0.05, 0.1) is 0 Å². The van der Waals surface area contributed by atoms with Crippen molar-refractivity contribution in [2.75, 3.05) is 13.1 Å². The van der Waals surface area contributed by atoms with E-state index in [0.29, 0.717) is 5.92 Å². The number of amides is 1. The molecule has 2 aromatic rings. The van der Waals surface area contributed by atoms with Crippen LogP contribution in [0.25, 0.3) is 6.08 Å². The molecule has 0 unspecified atom stereocenters. The Hall–Kier alpha value is -2.29. The predicted octanol–water partition coefficient (Wildman–Crippen LogP) is 4.08. The molecule has 0 saturated carbocycles. The topological polar surface area (TPSA) is 33.5 Å². The Balaban J connectivity index is 1.48. The lowest BCUT2D eigenvalue weighted by Gasteiger charge is -2.31. The summed E-state index contributed by atoms with van der Waals surface area (Å²) < 4.78 is 5.45. The number of hydrogen-bond donors (Lipinski definition) is 0. The highest BCUT2D eigenvalue weighted by atomic mass is 16.3. The Kier molecular flexibility index (Phi) is 4.96. The van der Waals surface area contributed by atoms with Gasteiger partial charge in [0, 0.05) is 19.2 Å². The zero-order valence-electron chi connectivity index (χ0n) is 13.6. The number of likely N-dealkylation sites (tertiary alicyclic amines) is 1. The van der Waals surface area contributed by atoms with Crippen LogP contribution >= 0.6 is 0 Å². The van der Waals surface area contributed by atoms with Crippen molar-refractivity contribution in [3.05, 3.63) is 65.6 Å². The standard InChI is InChI=1S/C20H23NO2/c1-16-7-8-19(23-16)9-10-20(22)21-13-11-18(12-14-21)15-17-5-3-2-4-6-17/h2-10,18H,11-15H2,1H3. The lowest BCUT2D eigenvalue weighted by molar-refractivity contribution is -0.127. The zero-order valence-corrected chi connectivity index (χ0v) is 13.6. The van der Waals surface area contributed by atoms with Gasteiger partial charge in [-0.25, -0.2) is 0 Å². The van der Waals surface area contributed by atoms with Gasteiger partial charge in [0.25, 0.3) is 0 Å². The number of nitrogens with zero attached hydrogens (tertiary/aromatic N) is 1. The summed E-state index contributed by atoms with van der Waals surface area (Å²) >= 11 is 0. The van der Waals surface area contributed by atoms with E-state index < -0.39 is 0 Å². The van der Waals surface area contributed by atoms with E-state index in [2.05, 4.69) is 30.3 Å². The van der Waals surface area contributed by atoms with Crippen molar-refractivity contribution in [2.24, 2.45) is 5.92 Å². The van der Waals surface area contributed by atoms with E-state index in [1.54, 1.807) is 12.2 Å². The fourth-order valence-corrected chi connectivity index (χ4v) is 3.11. The molecule has 1 aliphatic rings. The summed E-state index contributed by atoms with van der Waals surface area (Å²) in [6.07, 6.45) is 6.65. The summed E-state index contributed by atoms with van der Waals surface area (Å²) in [6.45, 7) is 3.59. The smallest absolute Gasteiger partial charge is 0.246 e. The molecule has 3 nitrogen and oxygen atoms in total. The Morgan fingerprint density at radius 2 is 1.91 bits per heavy atom. The zero-order chi connectivity index (χ0) is 16.1. The summed E-state index contributed by atoms with van der Waals surface area (Å²) in [5.41, 5.74) is 1.39. The highest BCUT2D eigenvalue weighted by molar-refractivity contribution is 5.91. The van der Waals surface area contributed by atoms with E-state index in [0.717, 1.165) is 43.9 Å². The molecule has 3 rings (SSSR count). The minimum atomic E-state index is 0.0808. The minimum absolute atomic E-state index is 0.0808. The molecule has 0 N–H and O–H groups in total. The second-order valence-electron chi connectivity index (χ2n) is 6.24. The van der Waals surface area contributed by atoms with Crippen LogP contribution < -0.4 is 0 Å². The maximum Gasteiger partial charge on any atom is 0.246 e. The summed E-state index contributed by atoms with van der Waals surface area (Å²) in [6, 6.07) is 14.4. The van der Waals surface area contributed by atoms with Crippen LogP contribution in [0.3, 0.4) is 0 Å². The third-order valence-electron chi connectivity index (χ3n) is 4.44. The van der Waals surface area contributed by atoms with E-state index in [4.69, 9.17) is 4.42 Å². The molecule has 3 heteroatoms. The van der Waals surface area contributed by atoms with Crippen molar-refractivity contribution in [1.29, 1.82) is 0 Å². The fraction of sp³-hybridized carbons (Fsp3) is 0.350. The summed E-state index contributed by atoms with van der Waals surface area (Å²) in [5, 5.41) is 0. The SMILES string of the molecule is Cc1ccc(C=CC(=O)N2CCC(Cc3ccccc3)CC2)o1. The number of furan rings is 1. The highest BCUT2D eigenvalue weighted by Gasteiger charge is 2.21. The first-order valence-electron chi connectivity index (χ1n) is 8.28. The van der Waals surface area contributed by atoms with Crippen LogP contribution in [-0.4, -0.2) is 23.9 Å².